The molecule has 2 fully saturated rings. The molecule has 11 heteroatoms. The van der Waals surface area contributed by atoms with E-state index in [-0.39, 0.29) is 29.5 Å². The number of halogens is 1. The number of pyridine rings is 1. The highest BCUT2D eigenvalue weighted by Gasteiger charge is 2.36. The molecule has 1 saturated heterocycles. The van der Waals surface area contributed by atoms with E-state index in [9.17, 15) is 9.59 Å². The fraction of sp³-hybridized carbons (Fsp3) is 0.368. The van der Waals surface area contributed by atoms with Gasteiger partial charge >= 0.3 is 6.03 Å². The van der Waals surface area contributed by atoms with Crippen LogP contribution in [0.15, 0.2) is 34.4 Å². The molecule has 10 nitrogen and oxygen atoms in total. The number of likely N-dealkylation sites (N-methyl/N-ethyl adjacent to an activating group) is 1. The average molecular weight is 431 g/mol. The summed E-state index contributed by atoms with van der Waals surface area (Å²) in [6, 6.07) is 1.61. The van der Waals surface area contributed by atoms with E-state index < -0.39 is 0 Å². The third kappa shape index (κ3) is 3.78. The largest absolute Gasteiger partial charge is 0.387 e. The molecular weight excluding hydrogens is 408 g/mol. The Morgan fingerprint density at radius 3 is 2.63 bits per heavy atom. The van der Waals surface area contributed by atoms with Crippen molar-refractivity contribution < 1.29 is 9.59 Å². The van der Waals surface area contributed by atoms with Gasteiger partial charge in [0.25, 0.3) is 0 Å². The summed E-state index contributed by atoms with van der Waals surface area (Å²) in [5.74, 6) is 0.796. The highest BCUT2D eigenvalue weighted by atomic mass is 35.5. The minimum atomic E-state index is -0.356. The fourth-order valence-corrected chi connectivity index (χ4v) is 3.50. The second kappa shape index (κ2) is 7.52. The van der Waals surface area contributed by atoms with Crippen molar-refractivity contribution in [2.24, 2.45) is 16.5 Å². The minimum Gasteiger partial charge on any atom is -0.387 e. The van der Waals surface area contributed by atoms with E-state index in [1.807, 2.05) is 22.9 Å². The van der Waals surface area contributed by atoms with E-state index in [1.165, 1.54) is 11.9 Å². The number of urea groups is 1. The highest BCUT2D eigenvalue weighted by molar-refractivity contribution is 6.29. The van der Waals surface area contributed by atoms with Crippen LogP contribution in [-0.2, 0) is 11.3 Å². The SMILES string of the molecule is C/C(N)=N/C(NCc1cn2cc(C3CC3)cc(N3CC(=O)N(C)C3=O)c2n1)=C(\N)Cl. The standard InChI is InChI=1S/C19H23ClN8O2/c1-10(21)24-17(16(20)22)23-6-13-8-27-7-12(11-3-4-11)5-14(18(27)25-13)28-9-15(29)26(2)19(28)30/h5,7-8,11,23H,3-4,6,9,22H2,1-2H3,(H2,21,24)/b17-16-. The number of fused-ring (bicyclic) bond motifs is 1. The molecule has 5 N–H and O–H groups in total. The summed E-state index contributed by atoms with van der Waals surface area (Å²) in [5.41, 5.74) is 14.3. The lowest BCUT2D eigenvalue weighted by Crippen LogP contribution is -2.30. The molecule has 3 heterocycles. The number of aliphatic imine (C=N–C) groups is 1. The topological polar surface area (TPSA) is 134 Å². The van der Waals surface area contributed by atoms with E-state index in [4.69, 9.17) is 23.1 Å². The van der Waals surface area contributed by atoms with Crippen molar-refractivity contribution >= 4 is 40.7 Å². The number of carbonyl (C=O) groups is 2. The van der Waals surface area contributed by atoms with Crippen LogP contribution in [0.2, 0.25) is 0 Å². The van der Waals surface area contributed by atoms with Crippen LogP contribution in [0.1, 0.15) is 36.9 Å². The number of aromatic nitrogens is 2. The fourth-order valence-electron chi connectivity index (χ4n) is 3.39. The molecule has 0 bridgehead atoms. The highest BCUT2D eigenvalue weighted by Crippen LogP contribution is 2.42. The van der Waals surface area contributed by atoms with Gasteiger partial charge in [-0.25, -0.2) is 14.8 Å². The van der Waals surface area contributed by atoms with Gasteiger partial charge in [0.2, 0.25) is 5.91 Å². The molecule has 0 aromatic carbocycles. The molecule has 2 aliphatic rings. The van der Waals surface area contributed by atoms with Crippen molar-refractivity contribution in [2.45, 2.75) is 32.2 Å². The number of nitrogens with one attached hydrogen (secondary N) is 1. The van der Waals surface area contributed by atoms with Crippen LogP contribution in [0.4, 0.5) is 10.5 Å². The molecule has 2 aromatic heterocycles. The van der Waals surface area contributed by atoms with Crippen molar-refractivity contribution in [3.05, 3.63) is 40.7 Å². The van der Waals surface area contributed by atoms with Crippen molar-refractivity contribution in [2.75, 3.05) is 18.5 Å². The predicted molar refractivity (Wildman–Crippen MR) is 114 cm³/mol. The predicted octanol–water partition coefficient (Wildman–Crippen LogP) is 1.40. The Kier molecular flexibility index (Phi) is 5.02. The van der Waals surface area contributed by atoms with Crippen LogP contribution >= 0.6 is 11.6 Å². The van der Waals surface area contributed by atoms with Gasteiger partial charge in [0.1, 0.15) is 11.7 Å². The number of amidine groups is 1. The summed E-state index contributed by atoms with van der Waals surface area (Å²) in [6.45, 7) is 1.93. The summed E-state index contributed by atoms with van der Waals surface area (Å²) in [5, 5.41) is 3.02. The summed E-state index contributed by atoms with van der Waals surface area (Å²) < 4.78 is 1.89. The number of nitrogens with two attached hydrogens (primary N) is 2. The number of hydrogen-bond donors (Lipinski definition) is 3. The number of carbonyl (C=O) groups excluding carboxylic acids is 2. The van der Waals surface area contributed by atoms with Crippen LogP contribution in [0.25, 0.3) is 5.65 Å². The smallest absolute Gasteiger partial charge is 0.331 e. The summed E-state index contributed by atoms with van der Waals surface area (Å²) >= 11 is 5.88. The molecule has 158 valence electrons. The van der Waals surface area contributed by atoms with E-state index in [0.29, 0.717) is 35.3 Å². The molecule has 0 unspecified atom stereocenters. The van der Waals surface area contributed by atoms with Crippen LogP contribution < -0.4 is 21.7 Å². The van der Waals surface area contributed by atoms with Crippen LogP contribution in [0.5, 0.6) is 0 Å². The van der Waals surface area contributed by atoms with E-state index in [0.717, 1.165) is 23.3 Å². The summed E-state index contributed by atoms with van der Waals surface area (Å²) in [7, 11) is 1.48. The number of rotatable bonds is 6. The molecule has 1 aliphatic heterocycles. The van der Waals surface area contributed by atoms with Crippen molar-refractivity contribution in [1.29, 1.82) is 0 Å². The van der Waals surface area contributed by atoms with Crippen molar-refractivity contribution in [3.8, 4) is 0 Å². The molecule has 4 rings (SSSR count). The Hall–Kier alpha value is -3.27. The molecule has 0 atom stereocenters. The van der Waals surface area contributed by atoms with E-state index >= 15 is 0 Å². The molecule has 2 aromatic rings. The molecule has 0 radical (unpaired) electrons. The minimum absolute atomic E-state index is 0.000282. The van der Waals surface area contributed by atoms with Gasteiger partial charge in [-0.15, -0.1) is 0 Å². The van der Waals surface area contributed by atoms with Gasteiger partial charge in [0.05, 0.1) is 23.8 Å². The maximum Gasteiger partial charge on any atom is 0.331 e. The third-order valence-electron chi connectivity index (χ3n) is 5.08. The van der Waals surface area contributed by atoms with Gasteiger partial charge in [-0.3, -0.25) is 14.6 Å². The van der Waals surface area contributed by atoms with E-state index in [2.05, 4.69) is 15.3 Å². The molecule has 1 aliphatic carbocycles. The second-order valence-electron chi connectivity index (χ2n) is 7.52. The van der Waals surface area contributed by atoms with Crippen molar-refractivity contribution in [1.82, 2.24) is 19.6 Å². The van der Waals surface area contributed by atoms with Crippen LogP contribution in [0, 0.1) is 0 Å². The normalized spacial score (nSPS) is 18.4. The number of imidazole rings is 1. The lowest BCUT2D eigenvalue weighted by molar-refractivity contribution is -0.123. The number of imide groups is 1. The van der Waals surface area contributed by atoms with Crippen LogP contribution in [0.3, 0.4) is 0 Å². The number of nitrogens with zero attached hydrogens (tertiary/aromatic N) is 5. The molecule has 30 heavy (non-hydrogen) atoms. The lowest BCUT2D eigenvalue weighted by Gasteiger charge is -2.17. The zero-order valence-electron chi connectivity index (χ0n) is 16.7. The van der Waals surface area contributed by atoms with Gasteiger partial charge < -0.3 is 21.2 Å². The Labute approximate surface area is 178 Å². The Morgan fingerprint density at radius 2 is 2.07 bits per heavy atom. The maximum absolute atomic E-state index is 12.6. The van der Waals surface area contributed by atoms with Gasteiger partial charge in [-0.1, -0.05) is 11.6 Å². The second-order valence-corrected chi connectivity index (χ2v) is 7.93. The third-order valence-corrected chi connectivity index (χ3v) is 5.26. The van der Waals surface area contributed by atoms with Crippen LogP contribution in [-0.4, -0.2) is 45.7 Å². The Balaban J connectivity index is 1.70. The summed E-state index contributed by atoms with van der Waals surface area (Å²) in [4.78, 5) is 36.0. The number of anilines is 1. The van der Waals surface area contributed by atoms with Gasteiger partial charge in [0, 0.05) is 19.4 Å². The van der Waals surface area contributed by atoms with Crippen molar-refractivity contribution in [3.63, 3.8) is 0 Å². The van der Waals surface area contributed by atoms with Gasteiger partial charge in [-0.2, -0.15) is 0 Å². The zero-order valence-corrected chi connectivity index (χ0v) is 17.5. The average Bonchev–Trinajstić information content (AvgIpc) is 3.41. The quantitative estimate of drug-likeness (QED) is 0.274. The summed E-state index contributed by atoms with van der Waals surface area (Å²) in [6.07, 6.45) is 6.11. The molecule has 0 spiro atoms. The first-order valence-electron chi connectivity index (χ1n) is 9.54. The number of amides is 3. The molecular formula is C19H23ClN8O2. The Bertz CT molecular complexity index is 1090. The first kappa shape index (κ1) is 20.0. The first-order chi connectivity index (χ1) is 14.2. The Morgan fingerprint density at radius 1 is 1.33 bits per heavy atom. The molecule has 3 amide bonds. The first-order valence-corrected chi connectivity index (χ1v) is 9.92. The van der Waals surface area contributed by atoms with Gasteiger partial charge in [0.15, 0.2) is 11.5 Å². The van der Waals surface area contributed by atoms with Gasteiger partial charge in [-0.05, 0) is 37.3 Å². The lowest BCUT2D eigenvalue weighted by atomic mass is 10.1. The zero-order chi connectivity index (χ0) is 21.6. The maximum atomic E-state index is 12.6. The monoisotopic (exact) mass is 430 g/mol. The molecule has 1 saturated carbocycles. The van der Waals surface area contributed by atoms with E-state index in [1.54, 1.807) is 6.92 Å². The number of hydrogen-bond acceptors (Lipinski definition) is 6.